The van der Waals surface area contributed by atoms with Crippen molar-refractivity contribution in [2.24, 2.45) is 0 Å². The number of benzene rings is 2. The lowest BCUT2D eigenvalue weighted by molar-refractivity contribution is 0.416. The summed E-state index contributed by atoms with van der Waals surface area (Å²) in [7, 11) is 1.69. The summed E-state index contributed by atoms with van der Waals surface area (Å²) in [6, 6.07) is 16.5. The molecule has 0 heterocycles. The summed E-state index contributed by atoms with van der Waals surface area (Å²) in [4.78, 5) is 0. The van der Waals surface area contributed by atoms with E-state index in [2.05, 4.69) is 48.7 Å². The van der Waals surface area contributed by atoms with Crippen LogP contribution in [0.5, 0.6) is 5.75 Å². The Hall–Kier alpha value is -2.16. The summed E-state index contributed by atoms with van der Waals surface area (Å²) in [6.07, 6.45) is 0. The Morgan fingerprint density at radius 2 is 1.43 bits per heavy atom. The van der Waals surface area contributed by atoms with Crippen molar-refractivity contribution in [3.05, 3.63) is 54.1 Å². The number of para-hydroxylation sites is 3. The van der Waals surface area contributed by atoms with Gasteiger partial charge < -0.3 is 15.4 Å². The van der Waals surface area contributed by atoms with Gasteiger partial charge in [-0.15, -0.1) is 0 Å². The first kappa shape index (κ1) is 15.2. The third-order valence-electron chi connectivity index (χ3n) is 3.45. The van der Waals surface area contributed by atoms with Crippen LogP contribution in [0.1, 0.15) is 25.3 Å². The number of rotatable bonds is 7. The lowest BCUT2D eigenvalue weighted by Crippen LogP contribution is -2.15. The smallest absolute Gasteiger partial charge is 0.141 e. The highest BCUT2D eigenvalue weighted by molar-refractivity contribution is 5.56. The van der Waals surface area contributed by atoms with E-state index in [4.69, 9.17) is 4.74 Å². The average Bonchev–Trinajstić information content (AvgIpc) is 2.52. The maximum atomic E-state index is 5.33. The summed E-state index contributed by atoms with van der Waals surface area (Å²) >= 11 is 0. The molecule has 3 nitrogen and oxygen atoms in total. The molecule has 2 aromatic carbocycles. The first-order valence-corrected chi connectivity index (χ1v) is 7.42. The first-order valence-electron chi connectivity index (χ1n) is 7.42. The zero-order valence-electron chi connectivity index (χ0n) is 13.0. The van der Waals surface area contributed by atoms with Crippen molar-refractivity contribution in [1.29, 1.82) is 0 Å². The summed E-state index contributed by atoms with van der Waals surface area (Å²) in [5.41, 5.74) is 3.60. The maximum absolute atomic E-state index is 5.33. The number of ether oxygens (including phenoxy) is 1. The molecule has 112 valence electrons. The van der Waals surface area contributed by atoms with Gasteiger partial charge in [-0.2, -0.15) is 0 Å². The van der Waals surface area contributed by atoms with Crippen LogP contribution in [0.15, 0.2) is 48.5 Å². The minimum atomic E-state index is 0.524. The predicted molar refractivity (Wildman–Crippen MR) is 90.5 cm³/mol. The number of hydrogen-bond donors (Lipinski definition) is 2. The summed E-state index contributed by atoms with van der Waals surface area (Å²) < 4.78 is 5.33. The van der Waals surface area contributed by atoms with Gasteiger partial charge in [0.05, 0.1) is 12.8 Å². The summed E-state index contributed by atoms with van der Waals surface area (Å²) in [6.45, 7) is 6.13. The van der Waals surface area contributed by atoms with Crippen molar-refractivity contribution >= 4 is 11.4 Å². The molecular formula is C18H24N2O. The standard InChI is InChI=1S/C18H24N2O/c1-14(2)15-8-4-5-9-16(15)19-12-13-20-17-10-6-7-11-18(17)21-3/h4-11,14,19-20H,12-13H2,1-3H3. The minimum Gasteiger partial charge on any atom is -0.495 e. The van der Waals surface area contributed by atoms with Crippen molar-refractivity contribution < 1.29 is 4.74 Å². The van der Waals surface area contributed by atoms with Crippen LogP contribution in [0.4, 0.5) is 11.4 Å². The van der Waals surface area contributed by atoms with Gasteiger partial charge in [0.1, 0.15) is 5.75 Å². The third-order valence-corrected chi connectivity index (χ3v) is 3.45. The molecule has 2 rings (SSSR count). The zero-order valence-corrected chi connectivity index (χ0v) is 13.0. The van der Waals surface area contributed by atoms with E-state index in [1.807, 2.05) is 24.3 Å². The molecule has 0 unspecified atom stereocenters. The minimum absolute atomic E-state index is 0.524. The van der Waals surface area contributed by atoms with E-state index in [1.165, 1.54) is 11.3 Å². The highest BCUT2D eigenvalue weighted by atomic mass is 16.5. The molecule has 0 bridgehead atoms. The highest BCUT2D eigenvalue weighted by Gasteiger charge is 2.05. The van der Waals surface area contributed by atoms with Gasteiger partial charge in [-0.05, 0) is 29.7 Å². The van der Waals surface area contributed by atoms with Gasteiger partial charge in [-0.25, -0.2) is 0 Å². The molecule has 3 heteroatoms. The number of anilines is 2. The zero-order chi connectivity index (χ0) is 15.1. The van der Waals surface area contributed by atoms with Crippen LogP contribution in [-0.2, 0) is 0 Å². The second-order valence-corrected chi connectivity index (χ2v) is 5.30. The van der Waals surface area contributed by atoms with E-state index in [0.717, 1.165) is 24.5 Å². The van der Waals surface area contributed by atoms with Crippen molar-refractivity contribution in [2.75, 3.05) is 30.8 Å². The fraction of sp³-hybridized carbons (Fsp3) is 0.333. The molecule has 0 aliphatic carbocycles. The third kappa shape index (κ3) is 4.15. The van der Waals surface area contributed by atoms with Crippen LogP contribution in [0.25, 0.3) is 0 Å². The molecule has 0 aliphatic rings. The Labute approximate surface area is 127 Å². The molecule has 0 saturated carbocycles. The van der Waals surface area contributed by atoms with Crippen LogP contribution in [0.3, 0.4) is 0 Å². The van der Waals surface area contributed by atoms with E-state index >= 15 is 0 Å². The Kier molecular flexibility index (Phi) is 5.50. The quantitative estimate of drug-likeness (QED) is 0.742. The molecule has 0 fully saturated rings. The average molecular weight is 284 g/mol. The van der Waals surface area contributed by atoms with E-state index in [9.17, 15) is 0 Å². The molecule has 2 N–H and O–H groups in total. The van der Waals surface area contributed by atoms with Crippen LogP contribution >= 0.6 is 0 Å². The molecule has 2 aromatic rings. The van der Waals surface area contributed by atoms with Crippen molar-refractivity contribution in [3.63, 3.8) is 0 Å². The monoisotopic (exact) mass is 284 g/mol. The second-order valence-electron chi connectivity index (χ2n) is 5.30. The maximum Gasteiger partial charge on any atom is 0.141 e. The van der Waals surface area contributed by atoms with Gasteiger partial charge in [-0.1, -0.05) is 44.2 Å². The van der Waals surface area contributed by atoms with Gasteiger partial charge in [-0.3, -0.25) is 0 Å². The van der Waals surface area contributed by atoms with Crippen molar-refractivity contribution in [3.8, 4) is 5.75 Å². The van der Waals surface area contributed by atoms with E-state index in [-0.39, 0.29) is 0 Å². The van der Waals surface area contributed by atoms with Gasteiger partial charge >= 0.3 is 0 Å². The van der Waals surface area contributed by atoms with E-state index < -0.39 is 0 Å². The van der Waals surface area contributed by atoms with E-state index in [1.54, 1.807) is 7.11 Å². The van der Waals surface area contributed by atoms with Crippen LogP contribution < -0.4 is 15.4 Å². The molecule has 0 amide bonds. The number of methoxy groups -OCH3 is 1. The molecule has 0 atom stereocenters. The van der Waals surface area contributed by atoms with Crippen LogP contribution in [0, 0.1) is 0 Å². The molecule has 0 radical (unpaired) electrons. The molecule has 0 saturated heterocycles. The van der Waals surface area contributed by atoms with E-state index in [0.29, 0.717) is 5.92 Å². The lowest BCUT2D eigenvalue weighted by Gasteiger charge is -2.15. The number of nitrogens with one attached hydrogen (secondary N) is 2. The first-order chi connectivity index (χ1) is 10.2. The van der Waals surface area contributed by atoms with Gasteiger partial charge in [0.15, 0.2) is 0 Å². The van der Waals surface area contributed by atoms with Gasteiger partial charge in [0.25, 0.3) is 0 Å². The Morgan fingerprint density at radius 3 is 2.10 bits per heavy atom. The fourth-order valence-electron chi connectivity index (χ4n) is 2.35. The molecular weight excluding hydrogens is 260 g/mol. The van der Waals surface area contributed by atoms with Crippen molar-refractivity contribution in [2.45, 2.75) is 19.8 Å². The second kappa shape index (κ2) is 7.58. The largest absolute Gasteiger partial charge is 0.495 e. The Balaban J connectivity index is 1.88. The lowest BCUT2D eigenvalue weighted by atomic mass is 10.0. The molecule has 21 heavy (non-hydrogen) atoms. The number of hydrogen-bond acceptors (Lipinski definition) is 3. The highest BCUT2D eigenvalue weighted by Crippen LogP contribution is 2.24. The normalized spacial score (nSPS) is 10.5. The van der Waals surface area contributed by atoms with Crippen LogP contribution in [0.2, 0.25) is 0 Å². The summed E-state index contributed by atoms with van der Waals surface area (Å²) in [5.74, 6) is 1.40. The fourth-order valence-corrected chi connectivity index (χ4v) is 2.35. The Morgan fingerprint density at radius 1 is 0.857 bits per heavy atom. The summed E-state index contributed by atoms with van der Waals surface area (Å²) in [5, 5.41) is 6.89. The van der Waals surface area contributed by atoms with Crippen molar-refractivity contribution in [1.82, 2.24) is 0 Å². The Bertz CT molecular complexity index is 567. The molecule has 0 aromatic heterocycles. The molecule has 0 spiro atoms. The van der Waals surface area contributed by atoms with Crippen LogP contribution in [-0.4, -0.2) is 20.2 Å². The molecule has 0 aliphatic heterocycles. The van der Waals surface area contributed by atoms with Gasteiger partial charge in [0.2, 0.25) is 0 Å². The SMILES string of the molecule is COc1ccccc1NCCNc1ccccc1C(C)C. The van der Waals surface area contributed by atoms with Gasteiger partial charge in [0, 0.05) is 18.8 Å². The predicted octanol–water partition coefficient (Wildman–Crippen LogP) is 4.34. The topological polar surface area (TPSA) is 33.3 Å².